The van der Waals surface area contributed by atoms with Crippen LogP contribution in [0.2, 0.25) is 0 Å². The lowest BCUT2D eigenvalue weighted by molar-refractivity contribution is -0.118. The number of aromatic nitrogens is 3. The molecule has 2 heterocycles. The molecule has 2 aromatic carbocycles. The minimum Gasteiger partial charge on any atom is -0.447 e. The third kappa shape index (κ3) is 4.60. The summed E-state index contributed by atoms with van der Waals surface area (Å²) < 4.78 is 6.56. The van der Waals surface area contributed by atoms with Crippen molar-refractivity contribution in [2.45, 2.75) is 59.9 Å². The number of anilines is 1. The Morgan fingerprint density at radius 2 is 1.82 bits per heavy atom. The third-order valence-corrected chi connectivity index (χ3v) is 6.88. The van der Waals surface area contributed by atoms with E-state index in [4.69, 9.17) is 9.72 Å². The average molecular weight is 463 g/mol. The van der Waals surface area contributed by atoms with E-state index in [1.807, 2.05) is 33.8 Å². The van der Waals surface area contributed by atoms with Crippen LogP contribution in [0.4, 0.5) is 5.69 Å². The molecule has 0 bridgehead atoms. The van der Waals surface area contributed by atoms with Gasteiger partial charge in [0.05, 0.1) is 5.69 Å². The molecule has 1 atom stereocenters. The molecule has 6 nitrogen and oxygen atoms in total. The number of carbonyl (C=O) groups is 1. The fourth-order valence-corrected chi connectivity index (χ4v) is 4.87. The zero-order valence-electron chi connectivity index (χ0n) is 20.3. The summed E-state index contributed by atoms with van der Waals surface area (Å²) in [5, 5.41) is 9.50. The molecule has 0 fully saturated rings. The fourth-order valence-electron chi connectivity index (χ4n) is 4.14. The summed E-state index contributed by atoms with van der Waals surface area (Å²) >= 11 is 1.56. The van der Waals surface area contributed by atoms with Crippen LogP contribution in [0, 0.1) is 33.6 Å². The van der Waals surface area contributed by atoms with Gasteiger partial charge in [-0.1, -0.05) is 61.0 Å². The van der Waals surface area contributed by atoms with Crippen LogP contribution in [0.5, 0.6) is 5.88 Å². The molecule has 7 heteroatoms. The number of benzene rings is 2. The van der Waals surface area contributed by atoms with Crippen LogP contribution >= 0.6 is 11.8 Å². The quantitative estimate of drug-likeness (QED) is 0.445. The lowest BCUT2D eigenvalue weighted by atomic mass is 9.99. The van der Waals surface area contributed by atoms with E-state index in [-0.39, 0.29) is 5.91 Å². The van der Waals surface area contributed by atoms with Crippen molar-refractivity contribution in [1.29, 1.82) is 0 Å². The van der Waals surface area contributed by atoms with Crippen molar-refractivity contribution in [2.24, 2.45) is 5.92 Å². The van der Waals surface area contributed by atoms with E-state index < -0.39 is 6.23 Å². The first-order valence-electron chi connectivity index (χ1n) is 11.2. The van der Waals surface area contributed by atoms with E-state index >= 15 is 0 Å². The van der Waals surface area contributed by atoms with Gasteiger partial charge in [-0.25, -0.2) is 0 Å². The van der Waals surface area contributed by atoms with Crippen molar-refractivity contribution in [3.05, 3.63) is 58.1 Å². The predicted molar refractivity (Wildman–Crippen MR) is 133 cm³/mol. The van der Waals surface area contributed by atoms with Gasteiger partial charge < -0.3 is 4.74 Å². The molecule has 1 amide bonds. The van der Waals surface area contributed by atoms with Gasteiger partial charge in [-0.05, 0) is 50.8 Å². The molecule has 1 aliphatic heterocycles. The number of amides is 1. The van der Waals surface area contributed by atoms with Crippen molar-refractivity contribution in [3.63, 3.8) is 0 Å². The van der Waals surface area contributed by atoms with Crippen LogP contribution in [0.25, 0.3) is 11.3 Å². The summed E-state index contributed by atoms with van der Waals surface area (Å²) in [6.45, 7) is 14.0. The molecule has 4 rings (SSSR count). The molecule has 33 heavy (non-hydrogen) atoms. The standard InChI is InChI=1S/C26H30N4O2S/c1-14(2)13-33-26-27-24-22(28-29-26)21-12-16(4)10-18(6)23(21)30(19(7)31)25(32-24)20-11-15(3)8-9-17(20)5/h8-12,14,25H,13H2,1-7H3/t25-/m0/s1. The zero-order valence-corrected chi connectivity index (χ0v) is 21.1. The molecular weight excluding hydrogens is 432 g/mol. The largest absolute Gasteiger partial charge is 0.447 e. The average Bonchev–Trinajstić information content (AvgIpc) is 2.88. The van der Waals surface area contributed by atoms with E-state index in [0.717, 1.165) is 44.8 Å². The number of hydrogen-bond acceptors (Lipinski definition) is 6. The molecule has 0 aliphatic carbocycles. The number of fused-ring (bicyclic) bond motifs is 3. The topological polar surface area (TPSA) is 68.2 Å². The Labute approximate surface area is 199 Å². The molecule has 0 unspecified atom stereocenters. The van der Waals surface area contributed by atoms with E-state index in [0.29, 0.717) is 22.6 Å². The monoisotopic (exact) mass is 462 g/mol. The summed E-state index contributed by atoms with van der Waals surface area (Å²) in [5.41, 5.74) is 7.29. The lowest BCUT2D eigenvalue weighted by Gasteiger charge is -2.32. The van der Waals surface area contributed by atoms with E-state index in [1.54, 1.807) is 23.6 Å². The summed E-state index contributed by atoms with van der Waals surface area (Å²) in [6.07, 6.45) is -0.663. The maximum Gasteiger partial charge on any atom is 0.247 e. The van der Waals surface area contributed by atoms with Crippen LogP contribution in [-0.4, -0.2) is 26.8 Å². The van der Waals surface area contributed by atoms with Gasteiger partial charge in [-0.2, -0.15) is 4.98 Å². The second-order valence-electron chi connectivity index (χ2n) is 9.15. The van der Waals surface area contributed by atoms with Crippen molar-refractivity contribution in [3.8, 4) is 17.1 Å². The molecule has 1 aliphatic rings. The zero-order chi connectivity index (χ0) is 23.9. The van der Waals surface area contributed by atoms with Gasteiger partial charge in [0.2, 0.25) is 23.2 Å². The van der Waals surface area contributed by atoms with Crippen molar-refractivity contribution < 1.29 is 9.53 Å². The summed E-state index contributed by atoms with van der Waals surface area (Å²) in [5.74, 6) is 1.68. The number of nitrogens with zero attached hydrogens (tertiary/aromatic N) is 4. The molecular formula is C26H30N4O2S. The molecule has 0 saturated heterocycles. The number of carbonyl (C=O) groups excluding carboxylic acids is 1. The SMILES string of the molecule is CC(=O)N1c2c(C)cc(C)cc2-c2nnc(SCC(C)C)nc2O[C@H]1c1cc(C)ccc1C. The Bertz CT molecular complexity index is 1230. The molecule has 0 saturated carbocycles. The molecule has 0 spiro atoms. The minimum atomic E-state index is -0.663. The van der Waals surface area contributed by atoms with Gasteiger partial charge >= 0.3 is 0 Å². The first-order valence-corrected chi connectivity index (χ1v) is 12.2. The number of rotatable bonds is 4. The van der Waals surface area contributed by atoms with Crippen LogP contribution < -0.4 is 9.64 Å². The Kier molecular flexibility index (Phi) is 6.43. The number of hydrogen-bond donors (Lipinski definition) is 0. The van der Waals surface area contributed by atoms with Crippen LogP contribution in [-0.2, 0) is 4.79 Å². The molecule has 0 N–H and O–H groups in total. The van der Waals surface area contributed by atoms with Gasteiger partial charge in [0.15, 0.2) is 5.69 Å². The highest BCUT2D eigenvalue weighted by atomic mass is 32.2. The highest BCUT2D eigenvalue weighted by Crippen LogP contribution is 2.46. The lowest BCUT2D eigenvalue weighted by Crippen LogP contribution is -2.37. The van der Waals surface area contributed by atoms with Gasteiger partial charge in [0, 0.05) is 23.8 Å². The van der Waals surface area contributed by atoms with Crippen LogP contribution in [0.15, 0.2) is 35.5 Å². The molecule has 1 aromatic heterocycles. The van der Waals surface area contributed by atoms with Gasteiger partial charge in [0.25, 0.3) is 0 Å². The highest BCUT2D eigenvalue weighted by Gasteiger charge is 2.36. The van der Waals surface area contributed by atoms with Gasteiger partial charge in [-0.3, -0.25) is 9.69 Å². The number of aryl methyl sites for hydroxylation is 4. The van der Waals surface area contributed by atoms with Crippen molar-refractivity contribution in [2.75, 3.05) is 10.7 Å². The summed E-state index contributed by atoms with van der Waals surface area (Å²) in [4.78, 5) is 19.6. The first-order chi connectivity index (χ1) is 15.7. The first kappa shape index (κ1) is 23.2. The summed E-state index contributed by atoms with van der Waals surface area (Å²) in [6, 6.07) is 10.3. The summed E-state index contributed by atoms with van der Waals surface area (Å²) in [7, 11) is 0. The maximum absolute atomic E-state index is 13.1. The molecule has 172 valence electrons. The normalized spacial score (nSPS) is 15.0. The van der Waals surface area contributed by atoms with E-state index in [1.165, 1.54) is 0 Å². The predicted octanol–water partition coefficient (Wildman–Crippen LogP) is 5.96. The Morgan fingerprint density at radius 3 is 2.52 bits per heavy atom. The van der Waals surface area contributed by atoms with Crippen LogP contribution in [0.1, 0.15) is 54.8 Å². The Morgan fingerprint density at radius 1 is 1.06 bits per heavy atom. The Hall–Kier alpha value is -2.93. The Balaban J connectivity index is 1.98. The van der Waals surface area contributed by atoms with Gasteiger partial charge in [0.1, 0.15) is 0 Å². The van der Waals surface area contributed by atoms with Gasteiger partial charge in [-0.15, -0.1) is 10.2 Å². The second-order valence-corrected chi connectivity index (χ2v) is 10.1. The number of thioether (sulfide) groups is 1. The molecule has 3 aromatic rings. The molecule has 0 radical (unpaired) electrons. The fraction of sp³-hybridized carbons (Fsp3) is 0.385. The van der Waals surface area contributed by atoms with E-state index in [2.05, 4.69) is 48.3 Å². The van der Waals surface area contributed by atoms with Crippen LogP contribution in [0.3, 0.4) is 0 Å². The minimum absolute atomic E-state index is 0.107. The highest BCUT2D eigenvalue weighted by molar-refractivity contribution is 7.99. The van der Waals surface area contributed by atoms with E-state index in [9.17, 15) is 4.79 Å². The number of ether oxygens (including phenoxy) is 1. The third-order valence-electron chi connectivity index (χ3n) is 5.62. The second kappa shape index (κ2) is 9.14. The van der Waals surface area contributed by atoms with Crippen molar-refractivity contribution in [1.82, 2.24) is 15.2 Å². The van der Waals surface area contributed by atoms with Crippen molar-refractivity contribution >= 4 is 23.4 Å². The smallest absolute Gasteiger partial charge is 0.247 e. The maximum atomic E-state index is 13.1.